The van der Waals surface area contributed by atoms with Gasteiger partial charge in [0.1, 0.15) is 0 Å². The molecule has 39 heavy (non-hydrogen) atoms. The Hall–Kier alpha value is -0.884. The van der Waals surface area contributed by atoms with Crippen LogP contribution in [-0.2, 0) is 71.7 Å². The van der Waals surface area contributed by atoms with E-state index in [4.69, 9.17) is 52.2 Å². The Kier molecular flexibility index (Phi) is 45.4. The van der Waals surface area contributed by atoms with Crippen LogP contribution in [0.3, 0.4) is 0 Å². The van der Waals surface area contributed by atoms with Crippen LogP contribution in [0.2, 0.25) is 0 Å². The molecule has 0 aliphatic carbocycles. The van der Waals surface area contributed by atoms with Crippen LogP contribution in [0.1, 0.15) is 6.92 Å². The average molecular weight is 615 g/mol. The van der Waals surface area contributed by atoms with Gasteiger partial charge in [-0.3, -0.25) is 0 Å². The fourth-order valence-electron chi connectivity index (χ4n) is 2.05. The van der Waals surface area contributed by atoms with Gasteiger partial charge in [0.2, 0.25) is 0 Å². The number of hydrogen-bond acceptors (Lipinski definition) is 12. The molecule has 1 N–H and O–H groups in total. The monoisotopic (exact) mass is 614 g/mol. The van der Waals surface area contributed by atoms with E-state index in [2.05, 4.69) is 33.9 Å². The van der Waals surface area contributed by atoms with E-state index in [0.717, 1.165) is 0 Å². The summed E-state index contributed by atoms with van der Waals surface area (Å²) in [7, 11) is 1.65. The topological polar surface area (TPSA) is 150 Å². The van der Waals surface area contributed by atoms with E-state index in [1.807, 2.05) is 0 Å². The van der Waals surface area contributed by atoms with Crippen molar-refractivity contribution in [3.05, 3.63) is 24.8 Å². The minimum absolute atomic E-state index is 0.110. The van der Waals surface area contributed by atoms with Crippen LogP contribution in [-0.4, -0.2) is 139 Å². The van der Waals surface area contributed by atoms with Crippen molar-refractivity contribution >= 4 is 5.97 Å². The average Bonchev–Trinajstić information content (AvgIpc) is 2.95. The van der Waals surface area contributed by atoms with Crippen LogP contribution < -0.4 is 0 Å². The predicted molar refractivity (Wildman–Crippen MR) is 139 cm³/mol. The molecule has 0 aromatic rings. The molecule has 0 heterocycles. The molecule has 0 aromatic carbocycles. The molecular formula is C25H49CoNO12-2. The molecule has 0 saturated carbocycles. The van der Waals surface area contributed by atoms with Gasteiger partial charge >= 0.3 is 25.5 Å². The van der Waals surface area contributed by atoms with Crippen molar-refractivity contribution in [2.45, 2.75) is 6.92 Å². The van der Waals surface area contributed by atoms with Crippen molar-refractivity contribution in [1.29, 1.82) is 0 Å². The van der Waals surface area contributed by atoms with Crippen molar-refractivity contribution < 1.29 is 71.7 Å². The van der Waals surface area contributed by atoms with Gasteiger partial charge in [0, 0.05) is 12.7 Å². The maximum absolute atomic E-state index is 10.5. The summed E-state index contributed by atoms with van der Waals surface area (Å²) in [4.78, 5) is 10.5. The Balaban J connectivity index is -0.000000989. The van der Waals surface area contributed by atoms with Gasteiger partial charge < -0.3 is 60.0 Å². The van der Waals surface area contributed by atoms with Crippen LogP contribution in [0, 0.1) is 6.92 Å². The first-order valence-corrected chi connectivity index (χ1v) is 13.0. The van der Waals surface area contributed by atoms with Gasteiger partial charge in [-0.25, -0.2) is 4.79 Å². The molecule has 0 unspecified atom stereocenters. The molecule has 0 atom stereocenters. The Bertz CT molecular complexity index is 466. The SMILES string of the molecule is C=C(C)C(=O)OCC[NH-].[CH2-]COCCOCCOCCOCCOCCOCCOCCOCCOC.[O]=[Co]. The van der Waals surface area contributed by atoms with Gasteiger partial charge in [-0.2, -0.15) is 0 Å². The third-order valence-corrected chi connectivity index (χ3v) is 3.86. The second kappa shape index (κ2) is 41.6. The summed E-state index contributed by atoms with van der Waals surface area (Å²) in [5.74, 6) is -0.415. The van der Waals surface area contributed by atoms with Crippen LogP contribution in [0.15, 0.2) is 12.2 Å². The summed E-state index contributed by atoms with van der Waals surface area (Å²) >= 11 is 2.31. The van der Waals surface area contributed by atoms with Gasteiger partial charge in [-0.1, -0.05) is 13.2 Å². The minimum atomic E-state index is -0.415. The summed E-state index contributed by atoms with van der Waals surface area (Å²) in [6.07, 6.45) is 0. The molecule has 0 rings (SSSR count). The summed E-state index contributed by atoms with van der Waals surface area (Å²) in [5.41, 5.74) is 7.01. The Morgan fingerprint density at radius 2 is 0.897 bits per heavy atom. The number of carbonyl (C=O) groups excluding carboxylic acids is 1. The quantitative estimate of drug-likeness (QED) is 0.0546. The Labute approximate surface area is 242 Å². The van der Waals surface area contributed by atoms with E-state index >= 15 is 0 Å². The fraction of sp³-hybridized carbons (Fsp3) is 0.840. The predicted octanol–water partition coefficient (Wildman–Crippen LogP) is 1.64. The van der Waals surface area contributed by atoms with E-state index in [-0.39, 0.29) is 13.2 Å². The van der Waals surface area contributed by atoms with Crippen molar-refractivity contribution in [1.82, 2.24) is 0 Å². The summed E-state index contributed by atoms with van der Waals surface area (Å²) in [6, 6.07) is 0. The first-order chi connectivity index (χ1) is 19.1. The van der Waals surface area contributed by atoms with Crippen molar-refractivity contribution in [3.8, 4) is 0 Å². The molecule has 0 amide bonds. The van der Waals surface area contributed by atoms with Crippen molar-refractivity contribution in [2.24, 2.45) is 0 Å². The van der Waals surface area contributed by atoms with Gasteiger partial charge in [-0.15, -0.1) is 6.54 Å². The van der Waals surface area contributed by atoms with Crippen molar-refractivity contribution in [2.75, 3.05) is 133 Å². The number of carbonyl (C=O) groups is 1. The van der Waals surface area contributed by atoms with Crippen LogP contribution in [0.5, 0.6) is 0 Å². The molecule has 0 aliphatic rings. The first kappa shape index (κ1) is 42.6. The first-order valence-electron chi connectivity index (χ1n) is 12.6. The Morgan fingerprint density at radius 3 is 1.13 bits per heavy atom. The number of methoxy groups -OCH3 is 1. The van der Waals surface area contributed by atoms with Gasteiger partial charge in [-0.05, 0) is 6.92 Å². The third kappa shape index (κ3) is 44.4. The van der Waals surface area contributed by atoms with Crippen LogP contribution in [0.4, 0.5) is 0 Å². The molecule has 0 aliphatic heterocycles. The van der Waals surface area contributed by atoms with E-state index in [0.29, 0.717) is 118 Å². The molecule has 0 fully saturated rings. The molecule has 0 spiro atoms. The molecular weight excluding hydrogens is 565 g/mol. The van der Waals surface area contributed by atoms with Gasteiger partial charge in [0.05, 0.1) is 112 Å². The van der Waals surface area contributed by atoms with Crippen molar-refractivity contribution in [3.63, 3.8) is 0 Å². The zero-order valence-electron chi connectivity index (χ0n) is 23.6. The Morgan fingerprint density at radius 1 is 0.615 bits per heavy atom. The summed E-state index contributed by atoms with van der Waals surface area (Å²) in [5, 5.41) is 0. The zero-order valence-corrected chi connectivity index (χ0v) is 24.6. The molecule has 0 aromatic heterocycles. The number of ether oxygens (including phenoxy) is 10. The maximum atomic E-state index is 10.5. The summed E-state index contributed by atoms with van der Waals surface area (Å²) < 4.78 is 59.9. The molecule has 0 saturated heterocycles. The van der Waals surface area contributed by atoms with E-state index in [1.165, 1.54) is 0 Å². The second-order valence-electron chi connectivity index (χ2n) is 7.06. The van der Waals surface area contributed by atoms with E-state index in [9.17, 15) is 4.79 Å². The molecule has 0 radical (unpaired) electrons. The van der Waals surface area contributed by atoms with E-state index in [1.54, 1.807) is 14.0 Å². The van der Waals surface area contributed by atoms with Crippen LogP contribution >= 0.6 is 0 Å². The normalized spacial score (nSPS) is 10.3. The summed E-state index contributed by atoms with van der Waals surface area (Å²) in [6.45, 7) is 18.1. The second-order valence-corrected chi connectivity index (χ2v) is 7.06. The standard InChI is InChI=1S/C19H39O9.C6H10NO2.Co.O/c1-3-21-6-7-23-10-11-25-14-15-27-18-19-28-17-16-26-13-12-24-9-8-22-5-4-20-2;1-5(2)6(8)9-4-3-7;;/h1,3-19H2,2H3;7H,1,3-4H2,2H3;;/q2*-1;;. The van der Waals surface area contributed by atoms with Crippen LogP contribution in [0.25, 0.3) is 5.73 Å². The number of rotatable bonds is 28. The van der Waals surface area contributed by atoms with Gasteiger partial charge in [0.15, 0.2) is 0 Å². The number of esters is 1. The number of nitrogens with one attached hydrogen (secondary N) is 1. The molecule has 0 bridgehead atoms. The van der Waals surface area contributed by atoms with E-state index < -0.39 is 5.97 Å². The third-order valence-electron chi connectivity index (χ3n) is 3.86. The number of hydrogen-bond donors (Lipinski definition) is 0. The molecule has 14 heteroatoms. The molecule has 237 valence electrons. The fourth-order valence-corrected chi connectivity index (χ4v) is 2.05. The zero-order chi connectivity index (χ0) is 29.7. The van der Waals surface area contributed by atoms with Gasteiger partial charge in [0.25, 0.3) is 0 Å². The molecule has 13 nitrogen and oxygen atoms in total.